The summed E-state index contributed by atoms with van der Waals surface area (Å²) in [7, 11) is 0. The van der Waals surface area contributed by atoms with Crippen molar-refractivity contribution in [2.45, 2.75) is 45.7 Å². The molecule has 1 heterocycles. The first-order valence-electron chi connectivity index (χ1n) is 7.29. The first-order chi connectivity index (χ1) is 10.0. The Kier molecular flexibility index (Phi) is 5.53. The highest BCUT2D eigenvalue weighted by atomic mass is 79.9. The summed E-state index contributed by atoms with van der Waals surface area (Å²) in [5, 5.41) is 4.58. The van der Waals surface area contributed by atoms with Gasteiger partial charge in [-0.25, -0.2) is 4.39 Å². The van der Waals surface area contributed by atoms with E-state index >= 15 is 0 Å². The lowest BCUT2D eigenvalue weighted by Gasteiger charge is -2.13. The monoisotopic (exact) mass is 353 g/mol. The molecule has 5 heteroatoms. The fourth-order valence-corrected chi connectivity index (χ4v) is 3.18. The van der Waals surface area contributed by atoms with Crippen LogP contribution in [0, 0.1) is 5.82 Å². The van der Waals surface area contributed by atoms with E-state index in [0.717, 1.165) is 47.2 Å². The summed E-state index contributed by atoms with van der Waals surface area (Å²) in [5.74, 6) is -0.216. The van der Waals surface area contributed by atoms with Gasteiger partial charge in [-0.15, -0.1) is 0 Å². The van der Waals surface area contributed by atoms with E-state index in [1.165, 1.54) is 12.1 Å². The van der Waals surface area contributed by atoms with Crippen LogP contribution in [0.1, 0.15) is 30.8 Å². The number of hydrogen-bond acceptors (Lipinski definition) is 2. The number of nitrogens with zero attached hydrogens (tertiary/aromatic N) is 2. The number of halogens is 2. The molecule has 114 valence electrons. The molecule has 1 unspecified atom stereocenters. The van der Waals surface area contributed by atoms with Gasteiger partial charge in [-0.1, -0.05) is 19.1 Å². The van der Waals surface area contributed by atoms with Crippen LogP contribution >= 0.6 is 15.9 Å². The summed E-state index contributed by atoms with van der Waals surface area (Å²) < 4.78 is 16.0. The van der Waals surface area contributed by atoms with E-state index in [-0.39, 0.29) is 11.9 Å². The molecule has 21 heavy (non-hydrogen) atoms. The van der Waals surface area contributed by atoms with Crippen molar-refractivity contribution in [3.63, 3.8) is 0 Å². The summed E-state index contributed by atoms with van der Waals surface area (Å²) in [5.41, 5.74) is 9.53. The average Bonchev–Trinajstić information content (AvgIpc) is 2.77. The fraction of sp³-hybridized carbons (Fsp3) is 0.438. The molecule has 2 aromatic rings. The zero-order valence-corrected chi connectivity index (χ0v) is 14.0. The predicted molar refractivity (Wildman–Crippen MR) is 86.8 cm³/mol. The molecule has 0 aliphatic rings. The minimum atomic E-state index is -0.216. The Balaban J connectivity index is 2.10. The van der Waals surface area contributed by atoms with Crippen molar-refractivity contribution < 1.29 is 4.39 Å². The molecule has 0 bridgehead atoms. The number of aryl methyl sites for hydroxylation is 2. The van der Waals surface area contributed by atoms with Gasteiger partial charge < -0.3 is 5.73 Å². The molecular formula is C16H21BrFN3. The molecule has 0 fully saturated rings. The predicted octanol–water partition coefficient (Wildman–Crippen LogP) is 3.48. The van der Waals surface area contributed by atoms with Crippen molar-refractivity contribution in [2.24, 2.45) is 5.73 Å². The van der Waals surface area contributed by atoms with Gasteiger partial charge in [-0.3, -0.25) is 4.68 Å². The van der Waals surface area contributed by atoms with Crippen LogP contribution in [0.25, 0.3) is 0 Å². The number of aromatic nitrogens is 2. The summed E-state index contributed by atoms with van der Waals surface area (Å²) in [6, 6.07) is 6.52. The molecule has 0 aliphatic carbocycles. The van der Waals surface area contributed by atoms with Crippen molar-refractivity contribution in [1.29, 1.82) is 0 Å². The number of rotatable bonds is 6. The van der Waals surface area contributed by atoms with Crippen LogP contribution in [0.3, 0.4) is 0 Å². The van der Waals surface area contributed by atoms with Crippen LogP contribution < -0.4 is 5.73 Å². The fourth-order valence-electron chi connectivity index (χ4n) is 2.46. The zero-order chi connectivity index (χ0) is 15.4. The maximum Gasteiger partial charge on any atom is 0.123 e. The SMILES string of the molecule is CCc1nn(CC)c(CC(N)Cc2ccc(F)cc2)c1Br. The van der Waals surface area contributed by atoms with Gasteiger partial charge in [0.2, 0.25) is 0 Å². The highest BCUT2D eigenvalue weighted by molar-refractivity contribution is 9.10. The van der Waals surface area contributed by atoms with Gasteiger partial charge in [-0.2, -0.15) is 5.10 Å². The van der Waals surface area contributed by atoms with Gasteiger partial charge in [0.15, 0.2) is 0 Å². The van der Waals surface area contributed by atoms with E-state index in [4.69, 9.17) is 5.73 Å². The van der Waals surface area contributed by atoms with Gasteiger partial charge in [0.05, 0.1) is 15.9 Å². The molecule has 2 N–H and O–H groups in total. The smallest absolute Gasteiger partial charge is 0.123 e. The second-order valence-electron chi connectivity index (χ2n) is 5.17. The highest BCUT2D eigenvalue weighted by Gasteiger charge is 2.16. The van der Waals surface area contributed by atoms with Crippen molar-refractivity contribution in [2.75, 3.05) is 0 Å². The minimum Gasteiger partial charge on any atom is -0.327 e. The quantitative estimate of drug-likeness (QED) is 0.863. The molecular weight excluding hydrogens is 333 g/mol. The molecule has 0 aliphatic heterocycles. The summed E-state index contributed by atoms with van der Waals surface area (Å²) in [4.78, 5) is 0. The summed E-state index contributed by atoms with van der Waals surface area (Å²) >= 11 is 3.64. The topological polar surface area (TPSA) is 43.8 Å². The standard InChI is InChI=1S/C16H21BrFN3/c1-3-14-16(17)15(21(4-2)20-14)10-13(19)9-11-5-7-12(18)8-6-11/h5-8,13H,3-4,9-10,19H2,1-2H3. The molecule has 0 radical (unpaired) electrons. The number of benzene rings is 1. The van der Waals surface area contributed by atoms with E-state index in [0.29, 0.717) is 0 Å². The third kappa shape index (κ3) is 3.92. The summed E-state index contributed by atoms with van der Waals surface area (Å²) in [6.45, 7) is 5.00. The zero-order valence-electron chi connectivity index (χ0n) is 12.4. The second-order valence-corrected chi connectivity index (χ2v) is 5.96. The Morgan fingerprint density at radius 1 is 1.24 bits per heavy atom. The Morgan fingerprint density at radius 2 is 1.90 bits per heavy atom. The van der Waals surface area contributed by atoms with Crippen molar-refractivity contribution in [1.82, 2.24) is 9.78 Å². The Morgan fingerprint density at radius 3 is 2.48 bits per heavy atom. The van der Waals surface area contributed by atoms with Crippen molar-refractivity contribution in [3.05, 3.63) is 51.5 Å². The lowest BCUT2D eigenvalue weighted by atomic mass is 10.0. The molecule has 1 atom stereocenters. The van der Waals surface area contributed by atoms with Gasteiger partial charge in [0, 0.05) is 19.0 Å². The Bertz CT molecular complexity index is 592. The maximum absolute atomic E-state index is 12.9. The third-order valence-corrected chi connectivity index (χ3v) is 4.48. The first-order valence-corrected chi connectivity index (χ1v) is 8.08. The maximum atomic E-state index is 12.9. The molecule has 2 rings (SSSR count). The van der Waals surface area contributed by atoms with E-state index < -0.39 is 0 Å². The van der Waals surface area contributed by atoms with Gasteiger partial charge >= 0.3 is 0 Å². The molecule has 0 spiro atoms. The minimum absolute atomic E-state index is 0.0153. The van der Waals surface area contributed by atoms with Gasteiger partial charge in [-0.05, 0) is 53.4 Å². The van der Waals surface area contributed by atoms with Crippen LogP contribution in [0.2, 0.25) is 0 Å². The van der Waals surface area contributed by atoms with Crippen LogP contribution in [-0.2, 0) is 25.8 Å². The van der Waals surface area contributed by atoms with Crippen LogP contribution in [-0.4, -0.2) is 15.8 Å². The van der Waals surface area contributed by atoms with Crippen LogP contribution in [0.15, 0.2) is 28.7 Å². The molecule has 1 aromatic carbocycles. The average molecular weight is 354 g/mol. The number of nitrogens with two attached hydrogens (primary N) is 1. The van der Waals surface area contributed by atoms with E-state index in [9.17, 15) is 4.39 Å². The Labute approximate surface area is 133 Å². The number of hydrogen-bond donors (Lipinski definition) is 1. The highest BCUT2D eigenvalue weighted by Crippen LogP contribution is 2.24. The molecule has 0 saturated heterocycles. The van der Waals surface area contributed by atoms with E-state index in [1.54, 1.807) is 12.1 Å². The lowest BCUT2D eigenvalue weighted by molar-refractivity contribution is 0.571. The van der Waals surface area contributed by atoms with Gasteiger partial charge in [0.25, 0.3) is 0 Å². The van der Waals surface area contributed by atoms with Crippen LogP contribution in [0.5, 0.6) is 0 Å². The molecule has 0 saturated carbocycles. The lowest BCUT2D eigenvalue weighted by Crippen LogP contribution is -2.27. The second kappa shape index (κ2) is 7.18. The largest absolute Gasteiger partial charge is 0.327 e. The van der Waals surface area contributed by atoms with Crippen molar-refractivity contribution >= 4 is 15.9 Å². The summed E-state index contributed by atoms with van der Waals surface area (Å²) in [6.07, 6.45) is 2.37. The molecule has 3 nitrogen and oxygen atoms in total. The van der Waals surface area contributed by atoms with Crippen LogP contribution in [0.4, 0.5) is 4.39 Å². The van der Waals surface area contributed by atoms with Crippen molar-refractivity contribution in [3.8, 4) is 0 Å². The Hall–Kier alpha value is -1.20. The third-order valence-electron chi connectivity index (χ3n) is 3.56. The molecule has 0 amide bonds. The first kappa shape index (κ1) is 16.2. The molecule has 1 aromatic heterocycles. The van der Waals surface area contributed by atoms with E-state index in [1.807, 2.05) is 4.68 Å². The van der Waals surface area contributed by atoms with E-state index in [2.05, 4.69) is 34.9 Å². The normalized spacial score (nSPS) is 12.6. The van der Waals surface area contributed by atoms with Gasteiger partial charge in [0.1, 0.15) is 5.82 Å².